The Morgan fingerprint density at radius 1 is 1.12 bits per heavy atom. The average Bonchev–Trinajstić information content (AvgIpc) is 2.25. The molecule has 1 aromatic rings. The molecule has 0 saturated carbocycles. The molecule has 0 fully saturated rings. The molecule has 0 unspecified atom stereocenters. The van der Waals surface area contributed by atoms with E-state index in [9.17, 15) is 15.0 Å². The summed E-state index contributed by atoms with van der Waals surface area (Å²) in [7, 11) is 0. The second-order valence-corrected chi connectivity index (χ2v) is 3.52. The summed E-state index contributed by atoms with van der Waals surface area (Å²) >= 11 is 0. The third-order valence-electron chi connectivity index (χ3n) is 2.35. The van der Waals surface area contributed by atoms with Gasteiger partial charge in [-0.15, -0.1) is 0 Å². The molecule has 0 aliphatic heterocycles. The SMILES string of the molecule is C=c1ccc(O)c/c1=C1/C=C(O)C=CC1=O. The molecule has 16 heavy (non-hydrogen) atoms. The number of benzene rings is 1. The van der Waals surface area contributed by atoms with Crippen molar-refractivity contribution in [3.05, 3.63) is 52.6 Å². The topological polar surface area (TPSA) is 57.5 Å². The molecule has 0 heterocycles. The van der Waals surface area contributed by atoms with Crippen LogP contribution < -0.4 is 10.4 Å². The van der Waals surface area contributed by atoms with E-state index in [4.69, 9.17) is 0 Å². The number of phenolic OH excluding ortho intramolecular Hbond substituents is 1. The van der Waals surface area contributed by atoms with Crippen LogP contribution in [0.25, 0.3) is 12.2 Å². The first-order valence-electron chi connectivity index (χ1n) is 4.73. The molecule has 0 amide bonds. The molecular formula is C13H10O3. The fourth-order valence-corrected chi connectivity index (χ4v) is 1.54. The Morgan fingerprint density at radius 2 is 1.88 bits per heavy atom. The molecule has 2 N–H and O–H groups in total. The van der Waals surface area contributed by atoms with Crippen molar-refractivity contribution in [3.8, 4) is 5.75 Å². The fourth-order valence-electron chi connectivity index (χ4n) is 1.54. The van der Waals surface area contributed by atoms with Gasteiger partial charge in [0.05, 0.1) is 0 Å². The highest BCUT2D eigenvalue weighted by Crippen LogP contribution is 2.10. The lowest BCUT2D eigenvalue weighted by atomic mass is 10.0. The third-order valence-corrected chi connectivity index (χ3v) is 2.35. The Bertz CT molecular complexity index is 621. The zero-order chi connectivity index (χ0) is 11.7. The van der Waals surface area contributed by atoms with Crippen molar-refractivity contribution in [2.45, 2.75) is 0 Å². The summed E-state index contributed by atoms with van der Waals surface area (Å²) in [5, 5.41) is 19.9. The van der Waals surface area contributed by atoms with Crippen molar-refractivity contribution in [3.63, 3.8) is 0 Å². The Labute approximate surface area is 92.0 Å². The van der Waals surface area contributed by atoms with E-state index < -0.39 is 0 Å². The van der Waals surface area contributed by atoms with Crippen LogP contribution in [0.5, 0.6) is 5.75 Å². The summed E-state index contributed by atoms with van der Waals surface area (Å²) in [6, 6.07) is 4.58. The van der Waals surface area contributed by atoms with Gasteiger partial charge >= 0.3 is 0 Å². The van der Waals surface area contributed by atoms with E-state index in [1.165, 1.54) is 30.4 Å². The van der Waals surface area contributed by atoms with Gasteiger partial charge < -0.3 is 10.2 Å². The number of aromatic hydroxyl groups is 1. The predicted octanol–water partition coefficient (Wildman–Crippen LogP) is 0.534. The van der Waals surface area contributed by atoms with Gasteiger partial charge in [-0.25, -0.2) is 0 Å². The number of allylic oxidation sites excluding steroid dienone is 3. The molecule has 0 atom stereocenters. The first-order valence-corrected chi connectivity index (χ1v) is 4.73. The summed E-state index contributed by atoms with van der Waals surface area (Å²) < 4.78 is 0. The number of aliphatic hydroxyl groups is 1. The predicted molar refractivity (Wildman–Crippen MR) is 61.1 cm³/mol. The van der Waals surface area contributed by atoms with E-state index >= 15 is 0 Å². The number of hydrogen-bond acceptors (Lipinski definition) is 3. The van der Waals surface area contributed by atoms with Crippen LogP contribution in [0.3, 0.4) is 0 Å². The minimum Gasteiger partial charge on any atom is -0.508 e. The zero-order valence-corrected chi connectivity index (χ0v) is 8.47. The van der Waals surface area contributed by atoms with Gasteiger partial charge in [-0.3, -0.25) is 4.79 Å². The molecule has 0 aromatic heterocycles. The molecule has 1 aromatic carbocycles. The van der Waals surface area contributed by atoms with E-state index in [1.807, 2.05) is 0 Å². The molecule has 1 aliphatic carbocycles. The van der Waals surface area contributed by atoms with Gasteiger partial charge in [-0.05, 0) is 40.8 Å². The Morgan fingerprint density at radius 3 is 2.62 bits per heavy atom. The summed E-state index contributed by atoms with van der Waals surface area (Å²) in [5.41, 5.74) is 0.334. The number of aliphatic hydroxyl groups excluding tert-OH is 1. The Kier molecular flexibility index (Phi) is 2.37. The lowest BCUT2D eigenvalue weighted by molar-refractivity contribution is -0.109. The standard InChI is InChI=1S/C13H10O3/c1-8-2-3-9(14)6-11(8)12-7-10(15)4-5-13(12)16/h2-7,14-15H,1H2/b12-11+. The number of carbonyl (C=O) groups is 1. The monoisotopic (exact) mass is 214 g/mol. The van der Waals surface area contributed by atoms with Crippen LogP contribution in [0.2, 0.25) is 0 Å². The van der Waals surface area contributed by atoms with Gasteiger partial charge in [0.15, 0.2) is 5.78 Å². The van der Waals surface area contributed by atoms with Crippen LogP contribution in [0, 0.1) is 0 Å². The van der Waals surface area contributed by atoms with Gasteiger partial charge in [-0.1, -0.05) is 12.6 Å². The van der Waals surface area contributed by atoms with Crippen molar-refractivity contribution >= 4 is 17.9 Å². The van der Waals surface area contributed by atoms with E-state index in [0.717, 1.165) is 0 Å². The molecule has 2 rings (SSSR count). The van der Waals surface area contributed by atoms with E-state index in [-0.39, 0.29) is 17.3 Å². The van der Waals surface area contributed by atoms with Crippen LogP contribution in [0.4, 0.5) is 0 Å². The molecule has 3 heteroatoms. The molecule has 0 bridgehead atoms. The molecule has 0 spiro atoms. The quantitative estimate of drug-likeness (QED) is 0.662. The van der Waals surface area contributed by atoms with Crippen LogP contribution in [-0.4, -0.2) is 16.0 Å². The zero-order valence-electron chi connectivity index (χ0n) is 8.47. The van der Waals surface area contributed by atoms with Crippen molar-refractivity contribution < 1.29 is 15.0 Å². The largest absolute Gasteiger partial charge is 0.508 e. The van der Waals surface area contributed by atoms with Gasteiger partial charge in [-0.2, -0.15) is 0 Å². The summed E-state index contributed by atoms with van der Waals surface area (Å²) in [4.78, 5) is 11.6. The van der Waals surface area contributed by atoms with Crippen molar-refractivity contribution in [2.24, 2.45) is 0 Å². The van der Waals surface area contributed by atoms with Crippen molar-refractivity contribution in [1.82, 2.24) is 0 Å². The minimum atomic E-state index is -0.215. The second-order valence-electron chi connectivity index (χ2n) is 3.52. The Balaban J connectivity index is 2.83. The second kappa shape index (κ2) is 3.70. The van der Waals surface area contributed by atoms with Crippen molar-refractivity contribution in [2.75, 3.05) is 0 Å². The number of rotatable bonds is 0. The highest BCUT2D eigenvalue weighted by molar-refractivity contribution is 6.25. The smallest absolute Gasteiger partial charge is 0.186 e. The molecule has 1 aliphatic rings. The highest BCUT2D eigenvalue weighted by Gasteiger charge is 2.10. The highest BCUT2D eigenvalue weighted by atomic mass is 16.3. The maximum Gasteiger partial charge on any atom is 0.186 e. The minimum absolute atomic E-state index is 0.0114. The number of phenols is 1. The maximum absolute atomic E-state index is 11.6. The first kappa shape index (κ1) is 10.2. The van der Waals surface area contributed by atoms with Gasteiger partial charge in [0.1, 0.15) is 11.5 Å². The lowest BCUT2D eigenvalue weighted by Crippen LogP contribution is -2.27. The fraction of sp³-hybridized carbons (Fsp3) is 0. The van der Waals surface area contributed by atoms with Crippen LogP contribution in [0.1, 0.15) is 0 Å². The summed E-state index contributed by atoms with van der Waals surface area (Å²) in [6.45, 7) is 3.78. The van der Waals surface area contributed by atoms with Gasteiger partial charge in [0, 0.05) is 5.57 Å². The van der Waals surface area contributed by atoms with Gasteiger partial charge in [0.25, 0.3) is 0 Å². The third kappa shape index (κ3) is 1.75. The number of ketones is 1. The van der Waals surface area contributed by atoms with Crippen molar-refractivity contribution in [1.29, 1.82) is 0 Å². The van der Waals surface area contributed by atoms with Crippen LogP contribution in [0.15, 0.2) is 42.2 Å². The van der Waals surface area contributed by atoms with Gasteiger partial charge in [0.2, 0.25) is 0 Å². The van der Waals surface area contributed by atoms with Crippen LogP contribution >= 0.6 is 0 Å². The molecule has 80 valence electrons. The van der Waals surface area contributed by atoms with E-state index in [2.05, 4.69) is 6.58 Å². The number of hydrogen-bond donors (Lipinski definition) is 2. The molecule has 0 saturated heterocycles. The molecular weight excluding hydrogens is 204 g/mol. The Hall–Kier alpha value is -2.29. The normalized spacial score (nSPS) is 18.5. The summed E-state index contributed by atoms with van der Waals surface area (Å²) in [5.74, 6) is -0.143. The molecule has 0 radical (unpaired) electrons. The number of carbonyl (C=O) groups excluding carboxylic acids is 1. The van der Waals surface area contributed by atoms with E-state index in [1.54, 1.807) is 6.07 Å². The van der Waals surface area contributed by atoms with Crippen LogP contribution in [-0.2, 0) is 4.79 Å². The lowest BCUT2D eigenvalue weighted by Gasteiger charge is -2.04. The molecule has 3 nitrogen and oxygen atoms in total. The first-order chi connectivity index (χ1) is 7.58. The maximum atomic E-state index is 11.6. The van der Waals surface area contributed by atoms with E-state index in [0.29, 0.717) is 16.0 Å². The summed E-state index contributed by atoms with van der Waals surface area (Å²) in [6.07, 6.45) is 3.98. The average molecular weight is 214 g/mol.